The van der Waals surface area contributed by atoms with Gasteiger partial charge in [0, 0.05) is 61.4 Å². The summed E-state index contributed by atoms with van der Waals surface area (Å²) in [5.41, 5.74) is 3.40. The Bertz CT molecular complexity index is 1520. The van der Waals surface area contributed by atoms with Crippen molar-refractivity contribution in [3.05, 3.63) is 102 Å². The van der Waals surface area contributed by atoms with Crippen LogP contribution in [0.25, 0.3) is 11.3 Å². The number of piperazine rings is 1. The Labute approximate surface area is 254 Å². The first-order valence-corrected chi connectivity index (χ1v) is 15.3. The maximum Gasteiger partial charge on any atom is 0.416 e. The second-order valence-corrected chi connectivity index (χ2v) is 11.8. The molecular weight excluding hydrogens is 571 g/mol. The lowest BCUT2D eigenvalue weighted by atomic mass is 10.1. The number of nitrogens with one attached hydrogen (secondary N) is 1. The fourth-order valence-corrected chi connectivity index (χ4v) is 5.58. The summed E-state index contributed by atoms with van der Waals surface area (Å²) in [6.45, 7) is 7.13. The third-order valence-corrected chi connectivity index (χ3v) is 8.08. The van der Waals surface area contributed by atoms with Crippen molar-refractivity contribution in [2.75, 3.05) is 42.5 Å². The summed E-state index contributed by atoms with van der Waals surface area (Å²) >= 11 is 1.52. The molecule has 1 amide bonds. The molecule has 3 aromatic carbocycles. The van der Waals surface area contributed by atoms with Crippen LogP contribution in [0.1, 0.15) is 35.3 Å². The normalized spacial score (nSPS) is 13.8. The van der Waals surface area contributed by atoms with Crippen LogP contribution in [0.4, 0.5) is 24.7 Å². The molecule has 1 saturated heterocycles. The number of aromatic nitrogens is 2. The molecule has 1 aliphatic heterocycles. The maximum atomic E-state index is 13.2. The second kappa shape index (κ2) is 13.5. The molecule has 1 aliphatic rings. The zero-order valence-electron chi connectivity index (χ0n) is 24.1. The molecule has 0 aliphatic carbocycles. The Morgan fingerprint density at radius 3 is 2.26 bits per heavy atom. The first kappa shape index (κ1) is 30.4. The number of carbonyl (C=O) groups excluding carboxylic acids is 1. The fourth-order valence-electron chi connectivity index (χ4n) is 4.77. The Balaban J connectivity index is 1.29. The van der Waals surface area contributed by atoms with Crippen molar-refractivity contribution in [2.45, 2.75) is 30.9 Å². The van der Waals surface area contributed by atoms with E-state index in [2.05, 4.69) is 24.1 Å². The van der Waals surface area contributed by atoms with Gasteiger partial charge in [0.05, 0.1) is 11.3 Å². The van der Waals surface area contributed by atoms with Crippen molar-refractivity contribution in [2.24, 2.45) is 5.92 Å². The highest BCUT2D eigenvalue weighted by Gasteiger charge is 2.31. The minimum atomic E-state index is -4.37. The summed E-state index contributed by atoms with van der Waals surface area (Å²) in [5, 5.41) is 3.57. The molecular formula is C33H34F3N5OS. The van der Waals surface area contributed by atoms with Crippen molar-refractivity contribution in [3.8, 4) is 11.3 Å². The van der Waals surface area contributed by atoms with Gasteiger partial charge in [0.25, 0.3) is 5.91 Å². The van der Waals surface area contributed by atoms with E-state index in [0.717, 1.165) is 28.7 Å². The molecule has 0 radical (unpaired) electrons. The number of benzene rings is 3. The summed E-state index contributed by atoms with van der Waals surface area (Å²) in [4.78, 5) is 26.2. The predicted octanol–water partition coefficient (Wildman–Crippen LogP) is 7.17. The molecule has 0 atom stereocenters. The molecule has 1 aromatic heterocycles. The third-order valence-electron chi connectivity index (χ3n) is 7.16. The molecule has 43 heavy (non-hydrogen) atoms. The number of carbonyl (C=O) groups is 1. The smallest absolute Gasteiger partial charge is 0.368 e. The Morgan fingerprint density at radius 1 is 0.884 bits per heavy atom. The molecule has 0 spiro atoms. The molecule has 6 nitrogen and oxygen atoms in total. The number of hydrogen-bond acceptors (Lipinski definition) is 6. The summed E-state index contributed by atoms with van der Waals surface area (Å²) < 4.78 is 39.7. The topological polar surface area (TPSA) is 61.4 Å². The van der Waals surface area contributed by atoms with Gasteiger partial charge in [-0.15, -0.1) is 0 Å². The number of nitrogens with zero attached hydrogens (tertiary/aromatic N) is 4. The molecule has 0 unspecified atom stereocenters. The van der Waals surface area contributed by atoms with Crippen molar-refractivity contribution in [3.63, 3.8) is 0 Å². The number of halogens is 3. The van der Waals surface area contributed by atoms with Gasteiger partial charge < -0.3 is 15.1 Å². The average molecular weight is 606 g/mol. The minimum Gasteiger partial charge on any atom is -0.368 e. The zero-order valence-corrected chi connectivity index (χ0v) is 25.0. The molecule has 2 heterocycles. The first-order chi connectivity index (χ1) is 20.7. The van der Waals surface area contributed by atoms with E-state index in [9.17, 15) is 18.0 Å². The van der Waals surface area contributed by atoms with Crippen molar-refractivity contribution >= 4 is 29.2 Å². The van der Waals surface area contributed by atoms with Gasteiger partial charge >= 0.3 is 6.18 Å². The van der Waals surface area contributed by atoms with Crippen LogP contribution in [0.15, 0.2) is 90.1 Å². The van der Waals surface area contributed by atoms with Crippen LogP contribution in [0.2, 0.25) is 0 Å². The van der Waals surface area contributed by atoms with Crippen LogP contribution in [0.5, 0.6) is 0 Å². The quantitative estimate of drug-likeness (QED) is 0.161. The van der Waals surface area contributed by atoms with Gasteiger partial charge in [-0.05, 0) is 41.8 Å². The first-order valence-electron chi connectivity index (χ1n) is 14.3. The summed E-state index contributed by atoms with van der Waals surface area (Å²) in [6.07, 6.45) is -4.37. The van der Waals surface area contributed by atoms with E-state index >= 15 is 0 Å². The average Bonchev–Trinajstić information content (AvgIpc) is 3.03. The van der Waals surface area contributed by atoms with E-state index in [4.69, 9.17) is 9.97 Å². The van der Waals surface area contributed by atoms with E-state index in [1.54, 1.807) is 6.07 Å². The minimum absolute atomic E-state index is 0.0791. The summed E-state index contributed by atoms with van der Waals surface area (Å²) in [7, 11) is 0. The van der Waals surface area contributed by atoms with Crippen molar-refractivity contribution in [1.29, 1.82) is 0 Å². The van der Waals surface area contributed by atoms with Gasteiger partial charge in [0.15, 0.2) is 5.16 Å². The van der Waals surface area contributed by atoms with E-state index in [1.165, 1.54) is 23.9 Å². The molecule has 1 N–H and O–H groups in total. The highest BCUT2D eigenvalue weighted by atomic mass is 32.2. The van der Waals surface area contributed by atoms with E-state index < -0.39 is 11.7 Å². The number of anilines is 2. The van der Waals surface area contributed by atoms with Gasteiger partial charge in [-0.25, -0.2) is 9.97 Å². The van der Waals surface area contributed by atoms with Crippen molar-refractivity contribution in [1.82, 2.24) is 15.3 Å². The van der Waals surface area contributed by atoms with Gasteiger partial charge in [-0.1, -0.05) is 74.1 Å². The molecule has 0 bridgehead atoms. The second-order valence-electron chi connectivity index (χ2n) is 10.9. The SMILES string of the molecule is CC(C)CNC(=O)c1ccc(CSc2nc(-c3ccccc3)cc(N3CCN(c4cccc(C(F)(F)F)c4)CC3)n2)cc1. The molecule has 10 heteroatoms. The monoisotopic (exact) mass is 605 g/mol. The number of thioether (sulfide) groups is 1. The van der Waals surface area contributed by atoms with Crippen LogP contribution in [-0.4, -0.2) is 48.6 Å². The predicted molar refractivity (Wildman–Crippen MR) is 167 cm³/mol. The van der Waals surface area contributed by atoms with E-state index in [-0.39, 0.29) is 5.91 Å². The zero-order chi connectivity index (χ0) is 30.4. The van der Waals surface area contributed by atoms with Gasteiger partial charge in [-0.3, -0.25) is 4.79 Å². The number of alkyl halides is 3. The molecule has 224 valence electrons. The van der Waals surface area contributed by atoms with Crippen LogP contribution in [0, 0.1) is 5.92 Å². The lowest BCUT2D eigenvalue weighted by Crippen LogP contribution is -2.47. The number of rotatable bonds is 9. The van der Waals surface area contributed by atoms with Crippen molar-refractivity contribution < 1.29 is 18.0 Å². The van der Waals surface area contributed by atoms with Crippen LogP contribution < -0.4 is 15.1 Å². The molecule has 0 saturated carbocycles. The van der Waals surface area contributed by atoms with E-state index in [0.29, 0.717) is 60.8 Å². The Morgan fingerprint density at radius 2 is 1.58 bits per heavy atom. The molecule has 1 fully saturated rings. The van der Waals surface area contributed by atoms with Crippen LogP contribution in [0.3, 0.4) is 0 Å². The van der Waals surface area contributed by atoms with Gasteiger partial charge in [0.1, 0.15) is 5.82 Å². The fraction of sp³-hybridized carbons (Fsp3) is 0.303. The highest BCUT2D eigenvalue weighted by molar-refractivity contribution is 7.98. The number of amides is 1. The highest BCUT2D eigenvalue weighted by Crippen LogP contribution is 2.33. The van der Waals surface area contributed by atoms with Gasteiger partial charge in [-0.2, -0.15) is 13.2 Å². The van der Waals surface area contributed by atoms with Crippen LogP contribution >= 0.6 is 11.8 Å². The summed E-state index contributed by atoms with van der Waals surface area (Å²) in [5.74, 6) is 1.73. The molecule has 4 aromatic rings. The van der Waals surface area contributed by atoms with Crippen LogP contribution in [-0.2, 0) is 11.9 Å². The molecule has 5 rings (SSSR count). The third kappa shape index (κ3) is 8.07. The Kier molecular flexibility index (Phi) is 9.55. The lowest BCUT2D eigenvalue weighted by molar-refractivity contribution is -0.137. The van der Waals surface area contributed by atoms with Gasteiger partial charge in [0.2, 0.25) is 0 Å². The van der Waals surface area contributed by atoms with E-state index in [1.807, 2.05) is 65.6 Å². The largest absolute Gasteiger partial charge is 0.416 e. The Hall–Kier alpha value is -4.05. The summed E-state index contributed by atoms with van der Waals surface area (Å²) in [6, 6.07) is 25.0. The lowest BCUT2D eigenvalue weighted by Gasteiger charge is -2.37. The maximum absolute atomic E-state index is 13.2. The number of hydrogen-bond donors (Lipinski definition) is 1. The standard InChI is InChI=1S/C33H34F3N5OS/c1-23(2)21-37-31(42)26-13-11-24(12-14-26)22-43-32-38-29(25-7-4-3-5-8-25)20-30(39-32)41-17-15-40(16-18-41)28-10-6-9-27(19-28)33(34,35)36/h3-14,19-20,23H,15-18,21-22H2,1-2H3,(H,37,42).